The highest BCUT2D eigenvalue weighted by atomic mass is 19.3. The number of rotatable bonds is 10. The lowest BCUT2D eigenvalue weighted by Gasteiger charge is -2.16. The predicted molar refractivity (Wildman–Crippen MR) is 56.9 cm³/mol. The molecule has 1 amide bonds. The highest BCUT2D eigenvalue weighted by Crippen LogP contribution is 1.96. The molecule has 17 heavy (non-hydrogen) atoms. The highest BCUT2D eigenvalue weighted by Gasteiger charge is 2.11. The van der Waals surface area contributed by atoms with Crippen LogP contribution in [-0.4, -0.2) is 57.0 Å². The first-order valence-corrected chi connectivity index (χ1v) is 5.35. The van der Waals surface area contributed by atoms with E-state index in [1.165, 1.54) is 7.11 Å². The third kappa shape index (κ3) is 10.1. The van der Waals surface area contributed by atoms with E-state index in [0.717, 1.165) is 0 Å². The number of hydrogen-bond donors (Lipinski definition) is 2. The van der Waals surface area contributed by atoms with Gasteiger partial charge in [0.25, 0.3) is 6.43 Å². The van der Waals surface area contributed by atoms with Crippen LogP contribution >= 0.6 is 0 Å². The van der Waals surface area contributed by atoms with E-state index in [1.807, 2.05) is 0 Å². The summed E-state index contributed by atoms with van der Waals surface area (Å²) in [5, 5.41) is 11.4. The van der Waals surface area contributed by atoms with Gasteiger partial charge in [0.05, 0.1) is 19.3 Å². The topological polar surface area (TPSA) is 67.8 Å². The number of aliphatic hydroxyl groups is 1. The molecule has 7 heteroatoms. The van der Waals surface area contributed by atoms with Crippen molar-refractivity contribution in [3.05, 3.63) is 0 Å². The van der Waals surface area contributed by atoms with E-state index in [9.17, 15) is 13.6 Å². The van der Waals surface area contributed by atoms with E-state index < -0.39 is 13.0 Å². The van der Waals surface area contributed by atoms with Gasteiger partial charge in [-0.2, -0.15) is 0 Å². The van der Waals surface area contributed by atoms with Crippen LogP contribution in [0.1, 0.15) is 12.8 Å². The number of methoxy groups -OCH3 is 1. The van der Waals surface area contributed by atoms with Gasteiger partial charge in [-0.15, -0.1) is 0 Å². The maximum atomic E-state index is 11.7. The zero-order chi connectivity index (χ0) is 13.1. The monoisotopic (exact) mass is 255 g/mol. The molecule has 102 valence electrons. The summed E-state index contributed by atoms with van der Waals surface area (Å²) in [5.74, 6) is -0.310. The van der Waals surface area contributed by atoms with Crippen LogP contribution in [0.5, 0.6) is 0 Å². The van der Waals surface area contributed by atoms with E-state index in [1.54, 1.807) is 0 Å². The molecule has 0 bridgehead atoms. The molecule has 0 aromatic carbocycles. The molecule has 0 aliphatic heterocycles. The number of nitrogens with one attached hydrogen (secondary N) is 1. The van der Waals surface area contributed by atoms with E-state index in [4.69, 9.17) is 9.84 Å². The van der Waals surface area contributed by atoms with Gasteiger partial charge in [0, 0.05) is 20.1 Å². The number of amides is 1. The molecule has 0 spiro atoms. The maximum absolute atomic E-state index is 11.7. The Bertz CT molecular complexity index is 199. The molecule has 0 heterocycles. The lowest BCUT2D eigenvalue weighted by molar-refractivity contribution is -0.123. The van der Waals surface area contributed by atoms with Crippen molar-refractivity contribution in [2.75, 3.05) is 33.5 Å². The molecule has 2 N–H and O–H groups in total. The molecule has 0 aromatic heterocycles. The van der Waals surface area contributed by atoms with Gasteiger partial charge in [-0.3, -0.25) is 4.79 Å². The van der Waals surface area contributed by atoms with Crippen molar-refractivity contribution in [1.82, 2.24) is 5.32 Å². The molecule has 0 radical (unpaired) electrons. The number of carbonyl (C=O) groups excluding carboxylic acids is 1. The number of carbonyl (C=O) groups is 1. The summed E-state index contributed by atoms with van der Waals surface area (Å²) in [5.41, 5.74) is 0. The first-order valence-electron chi connectivity index (χ1n) is 5.35. The SMILES string of the molecule is COCC(CCO)NC(=O)CCOCC(F)F. The Balaban J connectivity index is 3.66. The van der Waals surface area contributed by atoms with Gasteiger partial charge in [0.2, 0.25) is 5.91 Å². The molecule has 0 aliphatic rings. The average molecular weight is 255 g/mol. The summed E-state index contributed by atoms with van der Waals surface area (Å²) in [4.78, 5) is 11.3. The van der Waals surface area contributed by atoms with Crippen LogP contribution < -0.4 is 5.32 Å². The lowest BCUT2D eigenvalue weighted by Crippen LogP contribution is -2.39. The Kier molecular flexibility index (Phi) is 9.89. The molecular formula is C10H19F2NO4. The third-order valence-electron chi connectivity index (χ3n) is 1.93. The molecule has 0 aliphatic carbocycles. The van der Waals surface area contributed by atoms with E-state index in [2.05, 4.69) is 10.1 Å². The summed E-state index contributed by atoms with van der Waals surface area (Å²) < 4.78 is 32.8. The average Bonchev–Trinajstić information content (AvgIpc) is 2.25. The van der Waals surface area contributed by atoms with E-state index in [-0.39, 0.29) is 31.6 Å². The number of halogens is 2. The zero-order valence-electron chi connectivity index (χ0n) is 9.83. The second kappa shape index (κ2) is 10.4. The van der Waals surface area contributed by atoms with Gasteiger partial charge >= 0.3 is 0 Å². The molecule has 0 rings (SSSR count). The molecule has 5 nitrogen and oxygen atoms in total. The summed E-state index contributed by atoms with van der Waals surface area (Å²) in [6.45, 7) is -0.471. The third-order valence-corrected chi connectivity index (χ3v) is 1.93. The summed E-state index contributed by atoms with van der Waals surface area (Å²) in [6, 6.07) is -0.271. The predicted octanol–water partition coefficient (Wildman–Crippen LogP) is 0.172. The minimum Gasteiger partial charge on any atom is -0.396 e. The van der Waals surface area contributed by atoms with Crippen molar-refractivity contribution >= 4 is 5.91 Å². The fourth-order valence-electron chi connectivity index (χ4n) is 1.19. The molecule has 0 aromatic rings. The molecular weight excluding hydrogens is 236 g/mol. The molecule has 1 unspecified atom stereocenters. The normalized spacial score (nSPS) is 12.8. The first kappa shape index (κ1) is 16.2. The Morgan fingerprint density at radius 3 is 2.65 bits per heavy atom. The van der Waals surface area contributed by atoms with Crippen molar-refractivity contribution in [2.45, 2.75) is 25.3 Å². The van der Waals surface area contributed by atoms with Gasteiger partial charge in [-0.1, -0.05) is 0 Å². The molecule has 0 saturated heterocycles. The van der Waals surface area contributed by atoms with Crippen molar-refractivity contribution in [3.8, 4) is 0 Å². The van der Waals surface area contributed by atoms with Crippen molar-refractivity contribution in [1.29, 1.82) is 0 Å². The fourth-order valence-corrected chi connectivity index (χ4v) is 1.19. The standard InChI is InChI=1S/C10H19F2NO4/c1-16-6-8(2-4-14)13-10(15)3-5-17-7-9(11)12/h8-9,14H,2-7H2,1H3,(H,13,15). The van der Waals surface area contributed by atoms with Crippen LogP contribution in [0.25, 0.3) is 0 Å². The fraction of sp³-hybridized carbons (Fsp3) is 0.900. The minimum atomic E-state index is -2.52. The van der Waals surface area contributed by atoms with Gasteiger partial charge < -0.3 is 19.9 Å². The van der Waals surface area contributed by atoms with E-state index >= 15 is 0 Å². The van der Waals surface area contributed by atoms with Gasteiger partial charge in [-0.05, 0) is 6.42 Å². The van der Waals surface area contributed by atoms with Crippen molar-refractivity contribution < 1.29 is 28.2 Å². The van der Waals surface area contributed by atoms with E-state index in [0.29, 0.717) is 13.0 Å². The van der Waals surface area contributed by atoms with Crippen LogP contribution in [0, 0.1) is 0 Å². The van der Waals surface area contributed by atoms with Gasteiger partial charge in [-0.25, -0.2) is 8.78 Å². The number of ether oxygens (including phenoxy) is 2. The summed E-state index contributed by atoms with van der Waals surface area (Å²) >= 11 is 0. The number of alkyl halides is 2. The molecule has 0 saturated carbocycles. The van der Waals surface area contributed by atoms with Crippen LogP contribution in [-0.2, 0) is 14.3 Å². The van der Waals surface area contributed by atoms with Gasteiger partial charge in [0.15, 0.2) is 0 Å². The highest BCUT2D eigenvalue weighted by molar-refractivity contribution is 5.76. The Morgan fingerprint density at radius 1 is 1.41 bits per heavy atom. The second-order valence-electron chi connectivity index (χ2n) is 3.45. The summed E-state index contributed by atoms with van der Waals surface area (Å²) in [6.07, 6.45) is -2.12. The van der Waals surface area contributed by atoms with Crippen LogP contribution in [0.3, 0.4) is 0 Å². The Labute approximate surface area is 99.1 Å². The molecule has 1 atom stereocenters. The maximum Gasteiger partial charge on any atom is 0.261 e. The quantitative estimate of drug-likeness (QED) is 0.546. The van der Waals surface area contributed by atoms with Crippen LogP contribution in [0.15, 0.2) is 0 Å². The Morgan fingerprint density at radius 2 is 2.12 bits per heavy atom. The Hall–Kier alpha value is -0.790. The molecule has 0 fully saturated rings. The minimum absolute atomic E-state index is 0.0123. The van der Waals surface area contributed by atoms with Crippen molar-refractivity contribution in [3.63, 3.8) is 0 Å². The zero-order valence-corrected chi connectivity index (χ0v) is 9.83. The summed E-state index contributed by atoms with van der Waals surface area (Å²) in [7, 11) is 1.49. The number of aliphatic hydroxyl groups excluding tert-OH is 1. The smallest absolute Gasteiger partial charge is 0.261 e. The number of hydrogen-bond acceptors (Lipinski definition) is 4. The van der Waals surface area contributed by atoms with Gasteiger partial charge in [0.1, 0.15) is 6.61 Å². The largest absolute Gasteiger partial charge is 0.396 e. The first-order chi connectivity index (χ1) is 8.10. The second-order valence-corrected chi connectivity index (χ2v) is 3.45. The van der Waals surface area contributed by atoms with Crippen LogP contribution in [0.2, 0.25) is 0 Å². The lowest BCUT2D eigenvalue weighted by atomic mass is 10.2. The van der Waals surface area contributed by atoms with Crippen LogP contribution in [0.4, 0.5) is 8.78 Å². The van der Waals surface area contributed by atoms with Crippen molar-refractivity contribution in [2.24, 2.45) is 0 Å².